The molecule has 1 amide bonds. The lowest BCUT2D eigenvalue weighted by molar-refractivity contribution is 0.0602. The lowest BCUT2D eigenvalue weighted by atomic mass is 10.1. The smallest absolute Gasteiger partial charge is 0.339 e. The van der Waals surface area contributed by atoms with Crippen molar-refractivity contribution in [3.8, 4) is 0 Å². The summed E-state index contributed by atoms with van der Waals surface area (Å²) < 4.78 is 4.71. The number of para-hydroxylation sites is 2. The highest BCUT2D eigenvalue weighted by Gasteiger charge is 2.15. The molecule has 0 saturated heterocycles. The van der Waals surface area contributed by atoms with Crippen LogP contribution in [0, 0.1) is 0 Å². The highest BCUT2D eigenvalue weighted by atomic mass is 35.5. The van der Waals surface area contributed by atoms with E-state index >= 15 is 0 Å². The molecule has 1 aromatic heterocycles. The Morgan fingerprint density at radius 2 is 1.63 bits per heavy atom. The first kappa shape index (κ1) is 18.3. The summed E-state index contributed by atoms with van der Waals surface area (Å²) in [6, 6.07) is 16.9. The van der Waals surface area contributed by atoms with E-state index in [-0.39, 0.29) is 11.3 Å². The van der Waals surface area contributed by atoms with Gasteiger partial charge in [0.1, 0.15) is 0 Å². The van der Waals surface area contributed by atoms with Gasteiger partial charge in [-0.1, -0.05) is 35.9 Å². The van der Waals surface area contributed by atoms with Crippen LogP contribution < -0.4 is 10.6 Å². The monoisotopic (exact) mass is 382 g/mol. The number of carbonyl (C=O) groups excluding carboxylic acids is 2. The molecule has 136 valence electrons. The summed E-state index contributed by atoms with van der Waals surface area (Å²) in [5.74, 6) is -0.603. The quantitative estimate of drug-likeness (QED) is 0.650. The highest BCUT2D eigenvalue weighted by Crippen LogP contribution is 2.23. The van der Waals surface area contributed by atoms with Crippen molar-refractivity contribution >= 4 is 40.7 Å². The fourth-order valence-corrected chi connectivity index (χ4v) is 2.47. The SMILES string of the molecule is COC(=O)c1ccccc1NC(=O)c1ccc(Nc2ccccc2Cl)nn1. The van der Waals surface area contributed by atoms with E-state index < -0.39 is 11.9 Å². The molecule has 0 atom stereocenters. The maximum absolute atomic E-state index is 12.4. The van der Waals surface area contributed by atoms with Crippen molar-refractivity contribution in [1.29, 1.82) is 0 Å². The lowest BCUT2D eigenvalue weighted by Crippen LogP contribution is -2.17. The van der Waals surface area contributed by atoms with Crippen LogP contribution in [0.1, 0.15) is 20.8 Å². The van der Waals surface area contributed by atoms with Gasteiger partial charge in [-0.2, -0.15) is 0 Å². The van der Waals surface area contributed by atoms with Gasteiger partial charge in [-0.05, 0) is 36.4 Å². The number of rotatable bonds is 5. The third-order valence-electron chi connectivity index (χ3n) is 3.61. The van der Waals surface area contributed by atoms with Crippen LogP contribution >= 0.6 is 11.6 Å². The molecule has 3 rings (SSSR count). The number of amides is 1. The van der Waals surface area contributed by atoms with Crippen LogP contribution in [0.3, 0.4) is 0 Å². The van der Waals surface area contributed by atoms with Crippen molar-refractivity contribution in [2.24, 2.45) is 0 Å². The summed E-state index contributed by atoms with van der Waals surface area (Å²) in [5, 5.41) is 14.1. The Morgan fingerprint density at radius 3 is 2.30 bits per heavy atom. The molecular weight excluding hydrogens is 368 g/mol. The molecule has 0 aliphatic heterocycles. The van der Waals surface area contributed by atoms with E-state index in [4.69, 9.17) is 16.3 Å². The average Bonchev–Trinajstić information content (AvgIpc) is 2.70. The summed E-state index contributed by atoms with van der Waals surface area (Å²) in [5.41, 5.74) is 1.35. The first-order chi connectivity index (χ1) is 13.1. The number of ether oxygens (including phenoxy) is 1. The van der Waals surface area contributed by atoms with Gasteiger partial charge in [0.2, 0.25) is 0 Å². The van der Waals surface area contributed by atoms with Gasteiger partial charge in [0.25, 0.3) is 5.91 Å². The van der Waals surface area contributed by atoms with E-state index in [0.29, 0.717) is 22.2 Å². The fourth-order valence-electron chi connectivity index (χ4n) is 2.29. The minimum Gasteiger partial charge on any atom is -0.465 e. The molecule has 2 N–H and O–H groups in total. The Morgan fingerprint density at radius 1 is 0.926 bits per heavy atom. The maximum Gasteiger partial charge on any atom is 0.339 e. The van der Waals surface area contributed by atoms with E-state index in [2.05, 4.69) is 20.8 Å². The Bertz CT molecular complexity index is 977. The molecule has 1 heterocycles. The number of aromatic nitrogens is 2. The number of esters is 1. The predicted molar refractivity (Wildman–Crippen MR) is 103 cm³/mol. The zero-order chi connectivity index (χ0) is 19.2. The van der Waals surface area contributed by atoms with Crippen LogP contribution in [0.25, 0.3) is 0 Å². The van der Waals surface area contributed by atoms with Gasteiger partial charge in [0, 0.05) is 0 Å². The van der Waals surface area contributed by atoms with Gasteiger partial charge in [-0.25, -0.2) is 4.79 Å². The van der Waals surface area contributed by atoms with Crippen LogP contribution in [0.4, 0.5) is 17.2 Å². The molecule has 0 fully saturated rings. The summed E-state index contributed by atoms with van der Waals surface area (Å²) in [6.45, 7) is 0. The second kappa shape index (κ2) is 8.29. The molecule has 7 nitrogen and oxygen atoms in total. The number of benzene rings is 2. The number of methoxy groups -OCH3 is 1. The molecule has 8 heteroatoms. The van der Waals surface area contributed by atoms with E-state index in [1.54, 1.807) is 42.5 Å². The van der Waals surface area contributed by atoms with Gasteiger partial charge in [0.15, 0.2) is 11.5 Å². The minimum absolute atomic E-state index is 0.0966. The number of carbonyl (C=O) groups is 2. The van der Waals surface area contributed by atoms with Crippen molar-refractivity contribution in [1.82, 2.24) is 10.2 Å². The van der Waals surface area contributed by atoms with Crippen molar-refractivity contribution in [3.05, 3.63) is 76.9 Å². The topological polar surface area (TPSA) is 93.2 Å². The Kier molecular flexibility index (Phi) is 5.63. The standard InChI is InChI=1S/C19H15ClN4O3/c1-27-19(26)12-6-2-4-8-14(12)22-18(25)16-10-11-17(24-23-16)21-15-9-5-3-7-13(15)20/h2-11H,1H3,(H,21,24)(H,22,25). The largest absolute Gasteiger partial charge is 0.465 e. The first-order valence-corrected chi connectivity index (χ1v) is 8.30. The molecule has 0 aliphatic rings. The molecular formula is C19H15ClN4O3. The average molecular weight is 383 g/mol. The first-order valence-electron chi connectivity index (χ1n) is 7.92. The zero-order valence-corrected chi connectivity index (χ0v) is 15.0. The molecule has 3 aromatic rings. The number of hydrogen-bond donors (Lipinski definition) is 2. The predicted octanol–water partition coefficient (Wildman–Crippen LogP) is 3.91. The lowest BCUT2D eigenvalue weighted by Gasteiger charge is -2.10. The molecule has 0 bridgehead atoms. The minimum atomic E-state index is -0.545. The molecule has 0 radical (unpaired) electrons. The Hall–Kier alpha value is -3.45. The summed E-state index contributed by atoms with van der Waals surface area (Å²) >= 11 is 6.09. The van der Waals surface area contributed by atoms with Gasteiger partial charge in [-0.3, -0.25) is 4.79 Å². The second-order valence-electron chi connectivity index (χ2n) is 5.40. The van der Waals surface area contributed by atoms with Crippen molar-refractivity contribution < 1.29 is 14.3 Å². The molecule has 27 heavy (non-hydrogen) atoms. The van der Waals surface area contributed by atoms with Gasteiger partial charge in [-0.15, -0.1) is 10.2 Å². The molecule has 0 unspecified atom stereocenters. The van der Waals surface area contributed by atoms with Gasteiger partial charge >= 0.3 is 5.97 Å². The normalized spacial score (nSPS) is 10.1. The van der Waals surface area contributed by atoms with Crippen LogP contribution in [-0.4, -0.2) is 29.2 Å². The van der Waals surface area contributed by atoms with Crippen LogP contribution in [0.15, 0.2) is 60.7 Å². The van der Waals surface area contributed by atoms with Gasteiger partial charge < -0.3 is 15.4 Å². The van der Waals surface area contributed by atoms with Crippen LogP contribution in [0.5, 0.6) is 0 Å². The fraction of sp³-hybridized carbons (Fsp3) is 0.0526. The Balaban J connectivity index is 1.73. The van der Waals surface area contributed by atoms with E-state index in [0.717, 1.165) is 0 Å². The van der Waals surface area contributed by atoms with Crippen molar-refractivity contribution in [3.63, 3.8) is 0 Å². The van der Waals surface area contributed by atoms with E-state index in [1.807, 2.05) is 12.1 Å². The van der Waals surface area contributed by atoms with Crippen LogP contribution in [0.2, 0.25) is 5.02 Å². The number of nitrogens with zero attached hydrogens (tertiary/aromatic N) is 2. The summed E-state index contributed by atoms with van der Waals surface area (Å²) in [4.78, 5) is 24.2. The highest BCUT2D eigenvalue weighted by molar-refractivity contribution is 6.33. The second-order valence-corrected chi connectivity index (χ2v) is 5.81. The zero-order valence-electron chi connectivity index (χ0n) is 14.3. The third-order valence-corrected chi connectivity index (χ3v) is 3.94. The number of hydrogen-bond acceptors (Lipinski definition) is 6. The maximum atomic E-state index is 12.4. The van der Waals surface area contributed by atoms with Crippen molar-refractivity contribution in [2.45, 2.75) is 0 Å². The van der Waals surface area contributed by atoms with Crippen molar-refractivity contribution in [2.75, 3.05) is 17.7 Å². The molecule has 0 saturated carbocycles. The van der Waals surface area contributed by atoms with Gasteiger partial charge in [0.05, 0.1) is 29.1 Å². The number of nitrogens with one attached hydrogen (secondary N) is 2. The number of anilines is 3. The number of halogens is 1. The molecule has 0 spiro atoms. The van der Waals surface area contributed by atoms with E-state index in [9.17, 15) is 9.59 Å². The molecule has 2 aromatic carbocycles. The summed E-state index contributed by atoms with van der Waals surface area (Å²) in [7, 11) is 1.27. The van der Waals surface area contributed by atoms with E-state index in [1.165, 1.54) is 13.2 Å². The van der Waals surface area contributed by atoms with Crippen LogP contribution in [-0.2, 0) is 4.74 Å². The molecule has 0 aliphatic carbocycles. The third kappa shape index (κ3) is 4.39. The summed E-state index contributed by atoms with van der Waals surface area (Å²) in [6.07, 6.45) is 0. The Labute approximate surface area is 160 Å².